The number of ether oxygens (including phenoxy) is 1. The second-order valence-electron chi connectivity index (χ2n) is 4.55. The lowest BCUT2D eigenvalue weighted by molar-refractivity contribution is -0.0597. The van der Waals surface area contributed by atoms with E-state index in [1.165, 1.54) is 38.5 Å². The van der Waals surface area contributed by atoms with Gasteiger partial charge in [-0.05, 0) is 25.7 Å². The molecule has 0 aromatic carbocycles. The second kappa shape index (κ2) is 9.21. The zero-order valence-electron chi connectivity index (χ0n) is 11.3. The van der Waals surface area contributed by atoms with Crippen molar-refractivity contribution in [2.75, 3.05) is 6.61 Å². The van der Waals surface area contributed by atoms with Crippen LogP contribution in [0.4, 0.5) is 0 Å². The first-order chi connectivity index (χ1) is 7.24. The minimum absolute atomic E-state index is 0.185. The summed E-state index contributed by atoms with van der Waals surface area (Å²) in [6, 6.07) is 0. The largest absolute Gasteiger partial charge is 0.375 e. The Balaban J connectivity index is 3.93. The van der Waals surface area contributed by atoms with Gasteiger partial charge in [-0.1, -0.05) is 53.4 Å². The summed E-state index contributed by atoms with van der Waals surface area (Å²) in [7, 11) is 0. The van der Waals surface area contributed by atoms with E-state index < -0.39 is 0 Å². The highest BCUT2D eigenvalue weighted by Gasteiger charge is 2.25. The van der Waals surface area contributed by atoms with Gasteiger partial charge in [0, 0.05) is 6.61 Å². The average molecular weight is 214 g/mol. The molecule has 0 radical (unpaired) electrons. The molecule has 0 heterocycles. The molecule has 0 atom stereocenters. The summed E-state index contributed by atoms with van der Waals surface area (Å²) in [5.74, 6) is 0. The van der Waals surface area contributed by atoms with E-state index in [-0.39, 0.29) is 5.60 Å². The van der Waals surface area contributed by atoms with E-state index in [1.54, 1.807) is 0 Å². The molecule has 0 saturated heterocycles. The molecule has 0 aromatic heterocycles. The lowest BCUT2D eigenvalue weighted by Gasteiger charge is -2.32. The molecule has 1 heteroatoms. The van der Waals surface area contributed by atoms with E-state index in [1.807, 2.05) is 0 Å². The number of unbranched alkanes of at least 4 members (excludes halogenated alkanes) is 3. The van der Waals surface area contributed by atoms with E-state index in [0.29, 0.717) is 0 Å². The van der Waals surface area contributed by atoms with E-state index in [2.05, 4.69) is 27.7 Å². The van der Waals surface area contributed by atoms with Gasteiger partial charge in [0.2, 0.25) is 0 Å². The van der Waals surface area contributed by atoms with Crippen LogP contribution in [0.5, 0.6) is 0 Å². The van der Waals surface area contributed by atoms with Crippen LogP contribution in [0, 0.1) is 0 Å². The fourth-order valence-corrected chi connectivity index (χ4v) is 2.01. The SMILES string of the molecule is CCCCCC(CC)(CC)OCCCC. The molecule has 15 heavy (non-hydrogen) atoms. The molecule has 92 valence electrons. The first kappa shape index (κ1) is 15.0. The van der Waals surface area contributed by atoms with Gasteiger partial charge in [-0.2, -0.15) is 0 Å². The molecule has 0 rings (SSSR count). The molecular weight excluding hydrogens is 184 g/mol. The van der Waals surface area contributed by atoms with Crippen molar-refractivity contribution in [3.05, 3.63) is 0 Å². The molecule has 0 aliphatic carbocycles. The summed E-state index contributed by atoms with van der Waals surface area (Å²) < 4.78 is 6.12. The Morgan fingerprint density at radius 3 is 1.87 bits per heavy atom. The highest BCUT2D eigenvalue weighted by molar-refractivity contribution is 4.77. The van der Waals surface area contributed by atoms with E-state index >= 15 is 0 Å². The molecule has 0 N–H and O–H groups in total. The quantitative estimate of drug-likeness (QED) is 0.468. The maximum atomic E-state index is 6.12. The maximum Gasteiger partial charge on any atom is 0.0677 e. The van der Waals surface area contributed by atoms with Crippen molar-refractivity contribution in [2.24, 2.45) is 0 Å². The van der Waals surface area contributed by atoms with Gasteiger partial charge >= 0.3 is 0 Å². The molecule has 0 aliphatic rings. The third kappa shape index (κ3) is 6.19. The maximum absolute atomic E-state index is 6.12. The van der Waals surface area contributed by atoms with Crippen LogP contribution in [0.2, 0.25) is 0 Å². The molecule has 0 bridgehead atoms. The zero-order valence-corrected chi connectivity index (χ0v) is 11.3. The summed E-state index contributed by atoms with van der Waals surface area (Å²) in [6.07, 6.45) is 9.99. The van der Waals surface area contributed by atoms with Gasteiger partial charge in [0.1, 0.15) is 0 Å². The smallest absolute Gasteiger partial charge is 0.0677 e. The van der Waals surface area contributed by atoms with Crippen LogP contribution in [-0.2, 0) is 4.74 Å². The summed E-state index contributed by atoms with van der Waals surface area (Å²) in [4.78, 5) is 0. The minimum atomic E-state index is 0.185. The summed E-state index contributed by atoms with van der Waals surface area (Å²) in [5, 5.41) is 0. The van der Waals surface area contributed by atoms with Gasteiger partial charge in [-0.3, -0.25) is 0 Å². The summed E-state index contributed by atoms with van der Waals surface area (Å²) in [5.41, 5.74) is 0.185. The number of hydrogen-bond acceptors (Lipinski definition) is 1. The Morgan fingerprint density at radius 1 is 0.800 bits per heavy atom. The van der Waals surface area contributed by atoms with Crippen LogP contribution in [0.15, 0.2) is 0 Å². The van der Waals surface area contributed by atoms with Crippen molar-refractivity contribution in [2.45, 2.75) is 84.7 Å². The molecule has 0 fully saturated rings. The normalized spacial score (nSPS) is 12.0. The molecule has 1 nitrogen and oxygen atoms in total. The summed E-state index contributed by atoms with van der Waals surface area (Å²) in [6.45, 7) is 9.96. The standard InChI is InChI=1S/C14H30O/c1-5-9-11-12-14(7-3,8-4)15-13-10-6-2/h5-13H2,1-4H3. The van der Waals surface area contributed by atoms with Crippen LogP contribution in [0.25, 0.3) is 0 Å². The number of hydrogen-bond donors (Lipinski definition) is 0. The highest BCUT2D eigenvalue weighted by atomic mass is 16.5. The predicted molar refractivity (Wildman–Crippen MR) is 68.3 cm³/mol. The topological polar surface area (TPSA) is 9.23 Å². The molecular formula is C14H30O. The molecule has 0 saturated carbocycles. The van der Waals surface area contributed by atoms with Crippen molar-refractivity contribution in [3.63, 3.8) is 0 Å². The third-order valence-corrected chi connectivity index (χ3v) is 3.43. The van der Waals surface area contributed by atoms with Gasteiger partial charge in [0.25, 0.3) is 0 Å². The monoisotopic (exact) mass is 214 g/mol. The van der Waals surface area contributed by atoms with Gasteiger partial charge in [0.15, 0.2) is 0 Å². The Morgan fingerprint density at radius 2 is 1.40 bits per heavy atom. The van der Waals surface area contributed by atoms with Crippen molar-refractivity contribution in [1.82, 2.24) is 0 Å². The molecule has 0 aliphatic heterocycles. The fourth-order valence-electron chi connectivity index (χ4n) is 2.01. The van der Waals surface area contributed by atoms with Crippen molar-refractivity contribution < 1.29 is 4.74 Å². The predicted octanol–water partition coefficient (Wildman–Crippen LogP) is 4.94. The van der Waals surface area contributed by atoms with Crippen molar-refractivity contribution in [3.8, 4) is 0 Å². The van der Waals surface area contributed by atoms with Gasteiger partial charge in [-0.15, -0.1) is 0 Å². The highest BCUT2D eigenvalue weighted by Crippen LogP contribution is 2.27. The van der Waals surface area contributed by atoms with Crippen LogP contribution >= 0.6 is 0 Å². The van der Waals surface area contributed by atoms with E-state index in [0.717, 1.165) is 19.4 Å². The molecule has 0 amide bonds. The first-order valence-electron chi connectivity index (χ1n) is 6.88. The van der Waals surface area contributed by atoms with Gasteiger partial charge in [0.05, 0.1) is 5.60 Å². The summed E-state index contributed by atoms with van der Waals surface area (Å²) >= 11 is 0. The molecule has 0 aromatic rings. The van der Waals surface area contributed by atoms with Crippen molar-refractivity contribution >= 4 is 0 Å². The van der Waals surface area contributed by atoms with Gasteiger partial charge < -0.3 is 4.74 Å². The first-order valence-corrected chi connectivity index (χ1v) is 6.88. The van der Waals surface area contributed by atoms with Crippen LogP contribution in [-0.4, -0.2) is 12.2 Å². The minimum Gasteiger partial charge on any atom is -0.375 e. The molecule has 0 unspecified atom stereocenters. The zero-order chi connectivity index (χ0) is 11.6. The Bertz CT molecular complexity index is 115. The lowest BCUT2D eigenvalue weighted by atomic mass is 9.90. The molecule has 0 spiro atoms. The average Bonchev–Trinajstić information content (AvgIpc) is 2.28. The van der Waals surface area contributed by atoms with Crippen LogP contribution < -0.4 is 0 Å². The Labute approximate surface area is 96.6 Å². The van der Waals surface area contributed by atoms with E-state index in [4.69, 9.17) is 4.74 Å². The van der Waals surface area contributed by atoms with Gasteiger partial charge in [-0.25, -0.2) is 0 Å². The second-order valence-corrected chi connectivity index (χ2v) is 4.55. The Hall–Kier alpha value is -0.0400. The Kier molecular flexibility index (Phi) is 9.18. The third-order valence-electron chi connectivity index (χ3n) is 3.43. The van der Waals surface area contributed by atoms with Crippen molar-refractivity contribution in [1.29, 1.82) is 0 Å². The van der Waals surface area contributed by atoms with Crippen LogP contribution in [0.3, 0.4) is 0 Å². The lowest BCUT2D eigenvalue weighted by Crippen LogP contribution is -2.31. The fraction of sp³-hybridized carbons (Fsp3) is 1.00. The van der Waals surface area contributed by atoms with E-state index in [9.17, 15) is 0 Å². The number of rotatable bonds is 10. The van der Waals surface area contributed by atoms with Crippen LogP contribution in [0.1, 0.15) is 79.1 Å².